The van der Waals surface area contributed by atoms with Crippen molar-refractivity contribution in [2.75, 3.05) is 0 Å². The molecule has 2 N–H and O–H groups in total. The lowest BCUT2D eigenvalue weighted by molar-refractivity contribution is 0.0947. The third-order valence-electron chi connectivity index (χ3n) is 3.13. The minimum absolute atomic E-state index is 0.0681. The van der Waals surface area contributed by atoms with E-state index in [0.29, 0.717) is 16.0 Å². The number of thiophene rings is 1. The van der Waals surface area contributed by atoms with Gasteiger partial charge in [0.2, 0.25) is 0 Å². The van der Waals surface area contributed by atoms with Crippen LogP contribution in [0.1, 0.15) is 10.4 Å². The summed E-state index contributed by atoms with van der Waals surface area (Å²) in [6, 6.07) is 13.0. The molecule has 23 heavy (non-hydrogen) atoms. The predicted octanol–water partition coefficient (Wildman–Crippen LogP) is 3.18. The van der Waals surface area contributed by atoms with Gasteiger partial charge >= 0.3 is 0 Å². The standard InChI is InChI=1S/C15H11ClN2O3S2/c16-10-6-7-14-12(8-10)13(9-22-14)15(19)17-18-23(20,21)11-4-2-1-3-5-11/h1-9,18H,(H,17,19). The van der Waals surface area contributed by atoms with Crippen LogP contribution in [-0.2, 0) is 10.0 Å². The van der Waals surface area contributed by atoms with Gasteiger partial charge in [0.15, 0.2) is 0 Å². The van der Waals surface area contributed by atoms with Crippen molar-refractivity contribution < 1.29 is 13.2 Å². The molecule has 0 saturated carbocycles. The Bertz CT molecular complexity index is 969. The summed E-state index contributed by atoms with van der Waals surface area (Å²) >= 11 is 7.33. The summed E-state index contributed by atoms with van der Waals surface area (Å²) in [7, 11) is -3.81. The summed E-state index contributed by atoms with van der Waals surface area (Å²) < 4.78 is 25.1. The van der Waals surface area contributed by atoms with Gasteiger partial charge < -0.3 is 0 Å². The van der Waals surface area contributed by atoms with Crippen molar-refractivity contribution >= 4 is 49.0 Å². The fraction of sp³-hybridized carbons (Fsp3) is 0. The van der Waals surface area contributed by atoms with Crippen molar-refractivity contribution in [2.24, 2.45) is 0 Å². The SMILES string of the molecule is O=C(NNS(=O)(=O)c1ccccc1)c1csc2ccc(Cl)cc12. The molecular formula is C15H11ClN2O3S2. The van der Waals surface area contributed by atoms with Gasteiger partial charge in [0, 0.05) is 20.5 Å². The fourth-order valence-corrected chi connectivity index (χ4v) is 3.97. The Hall–Kier alpha value is -1.93. The lowest BCUT2D eigenvalue weighted by Crippen LogP contribution is -2.41. The molecule has 0 unspecified atom stereocenters. The second-order valence-corrected chi connectivity index (χ2v) is 7.69. The Morgan fingerprint density at radius 3 is 2.57 bits per heavy atom. The lowest BCUT2D eigenvalue weighted by atomic mass is 10.2. The molecule has 0 atom stereocenters. The number of nitrogens with one attached hydrogen (secondary N) is 2. The van der Waals surface area contributed by atoms with Crippen LogP contribution in [0, 0.1) is 0 Å². The molecule has 1 amide bonds. The second-order valence-electron chi connectivity index (χ2n) is 4.66. The molecule has 0 spiro atoms. The van der Waals surface area contributed by atoms with E-state index < -0.39 is 15.9 Å². The van der Waals surface area contributed by atoms with E-state index in [1.54, 1.807) is 35.7 Å². The van der Waals surface area contributed by atoms with E-state index in [9.17, 15) is 13.2 Å². The largest absolute Gasteiger partial charge is 0.273 e. The van der Waals surface area contributed by atoms with Crippen LogP contribution >= 0.6 is 22.9 Å². The number of hydrazine groups is 1. The van der Waals surface area contributed by atoms with E-state index in [-0.39, 0.29) is 4.90 Å². The Balaban J connectivity index is 1.80. The number of carbonyl (C=O) groups excluding carboxylic acids is 1. The molecule has 0 saturated heterocycles. The van der Waals surface area contributed by atoms with Crippen molar-refractivity contribution in [3.05, 3.63) is 64.5 Å². The number of sulfonamides is 1. The average molecular weight is 367 g/mol. The maximum absolute atomic E-state index is 12.2. The van der Waals surface area contributed by atoms with Crippen molar-refractivity contribution in [3.8, 4) is 0 Å². The highest BCUT2D eigenvalue weighted by atomic mass is 35.5. The van der Waals surface area contributed by atoms with Gasteiger partial charge in [-0.2, -0.15) is 0 Å². The summed E-state index contributed by atoms with van der Waals surface area (Å²) in [6.07, 6.45) is 0. The van der Waals surface area contributed by atoms with Gasteiger partial charge in [-0.1, -0.05) is 29.8 Å². The van der Waals surface area contributed by atoms with E-state index >= 15 is 0 Å². The molecule has 118 valence electrons. The van der Waals surface area contributed by atoms with Gasteiger partial charge in [0.25, 0.3) is 15.9 Å². The minimum Gasteiger partial charge on any atom is -0.273 e. The van der Waals surface area contributed by atoms with E-state index in [0.717, 1.165) is 4.70 Å². The van der Waals surface area contributed by atoms with Crippen LogP contribution in [0.25, 0.3) is 10.1 Å². The summed E-state index contributed by atoms with van der Waals surface area (Å²) in [5.74, 6) is -0.543. The van der Waals surface area contributed by atoms with Crippen molar-refractivity contribution in [2.45, 2.75) is 4.90 Å². The molecule has 8 heteroatoms. The highest BCUT2D eigenvalue weighted by Gasteiger charge is 2.17. The molecule has 0 aliphatic rings. The van der Waals surface area contributed by atoms with Crippen LogP contribution in [-0.4, -0.2) is 14.3 Å². The topological polar surface area (TPSA) is 75.3 Å². The van der Waals surface area contributed by atoms with Crippen LogP contribution in [0.4, 0.5) is 0 Å². The average Bonchev–Trinajstić information content (AvgIpc) is 2.96. The summed E-state index contributed by atoms with van der Waals surface area (Å²) in [6.45, 7) is 0. The van der Waals surface area contributed by atoms with Gasteiger partial charge in [-0.3, -0.25) is 10.2 Å². The smallest absolute Gasteiger partial charge is 0.267 e. The molecule has 1 aromatic heterocycles. The molecule has 0 bridgehead atoms. The predicted molar refractivity (Wildman–Crippen MR) is 91.1 cm³/mol. The highest BCUT2D eigenvalue weighted by molar-refractivity contribution is 7.89. The Morgan fingerprint density at radius 1 is 1.09 bits per heavy atom. The molecule has 0 aliphatic heterocycles. The monoisotopic (exact) mass is 366 g/mol. The molecule has 0 fully saturated rings. The molecule has 3 aromatic rings. The first kappa shape index (κ1) is 15.9. The third kappa shape index (κ3) is 3.37. The van der Waals surface area contributed by atoms with Crippen molar-refractivity contribution in [3.63, 3.8) is 0 Å². The molecular weight excluding hydrogens is 356 g/mol. The van der Waals surface area contributed by atoms with Gasteiger partial charge in [-0.15, -0.1) is 16.2 Å². The first-order chi connectivity index (χ1) is 11.0. The quantitative estimate of drug-likeness (QED) is 0.696. The molecule has 1 heterocycles. The van der Waals surface area contributed by atoms with Crippen molar-refractivity contribution in [1.82, 2.24) is 10.3 Å². The maximum atomic E-state index is 12.2. The van der Waals surface area contributed by atoms with E-state index in [4.69, 9.17) is 11.6 Å². The summed E-state index contributed by atoms with van der Waals surface area (Å²) in [5, 5.41) is 2.85. The third-order valence-corrected chi connectivity index (χ3v) is 5.59. The van der Waals surface area contributed by atoms with E-state index in [1.807, 2.05) is 6.07 Å². The lowest BCUT2D eigenvalue weighted by Gasteiger charge is -2.08. The molecule has 3 rings (SSSR count). The number of amides is 1. The number of halogens is 1. The first-order valence-electron chi connectivity index (χ1n) is 6.51. The number of hydrogen-bond acceptors (Lipinski definition) is 4. The molecule has 2 aromatic carbocycles. The zero-order chi connectivity index (χ0) is 16.4. The summed E-state index contributed by atoms with van der Waals surface area (Å²) in [4.78, 5) is 14.4. The van der Waals surface area contributed by atoms with Gasteiger partial charge in [-0.05, 0) is 30.3 Å². The molecule has 0 aliphatic carbocycles. The van der Waals surface area contributed by atoms with Gasteiger partial charge in [-0.25, -0.2) is 8.42 Å². The number of fused-ring (bicyclic) bond motifs is 1. The van der Waals surface area contributed by atoms with Crippen LogP contribution in [0.2, 0.25) is 5.02 Å². The van der Waals surface area contributed by atoms with Gasteiger partial charge in [0.05, 0.1) is 10.5 Å². The molecule has 5 nitrogen and oxygen atoms in total. The maximum Gasteiger partial charge on any atom is 0.267 e. The van der Waals surface area contributed by atoms with Crippen LogP contribution in [0.5, 0.6) is 0 Å². The number of benzene rings is 2. The number of rotatable bonds is 4. The fourth-order valence-electron chi connectivity index (χ4n) is 2.02. The molecule has 0 radical (unpaired) electrons. The Morgan fingerprint density at radius 2 is 1.83 bits per heavy atom. The van der Waals surface area contributed by atoms with Crippen molar-refractivity contribution in [1.29, 1.82) is 0 Å². The van der Waals surface area contributed by atoms with E-state index in [1.165, 1.54) is 23.5 Å². The van der Waals surface area contributed by atoms with Crippen LogP contribution in [0.15, 0.2) is 58.8 Å². The minimum atomic E-state index is -3.81. The van der Waals surface area contributed by atoms with Crippen LogP contribution in [0.3, 0.4) is 0 Å². The van der Waals surface area contributed by atoms with Gasteiger partial charge in [0.1, 0.15) is 0 Å². The Labute approximate surface area is 141 Å². The number of hydrogen-bond donors (Lipinski definition) is 2. The van der Waals surface area contributed by atoms with Crippen LogP contribution < -0.4 is 10.3 Å². The number of carbonyl (C=O) groups is 1. The normalized spacial score (nSPS) is 11.5. The highest BCUT2D eigenvalue weighted by Crippen LogP contribution is 2.28. The zero-order valence-corrected chi connectivity index (χ0v) is 14.0. The first-order valence-corrected chi connectivity index (χ1v) is 9.25. The Kier molecular flexibility index (Phi) is 4.36. The second kappa shape index (κ2) is 6.29. The zero-order valence-electron chi connectivity index (χ0n) is 11.6. The summed E-state index contributed by atoms with van der Waals surface area (Å²) in [5.41, 5.74) is 2.59. The van der Waals surface area contributed by atoms with E-state index in [2.05, 4.69) is 10.3 Å².